The number of anilines is 2. The number of carbonyl (C=O) groups is 1. The summed E-state index contributed by atoms with van der Waals surface area (Å²) in [6.45, 7) is 0.521. The molecule has 0 spiro atoms. The maximum Gasteiger partial charge on any atom is 0.232 e. The van der Waals surface area contributed by atoms with Crippen LogP contribution in [0, 0.1) is 5.92 Å². The van der Waals surface area contributed by atoms with E-state index in [1.165, 1.54) is 12.8 Å². The average Bonchev–Trinajstić information content (AvgIpc) is 3.63. The second kappa shape index (κ2) is 11.3. The summed E-state index contributed by atoms with van der Waals surface area (Å²) in [7, 11) is 1.97. The van der Waals surface area contributed by atoms with Gasteiger partial charge < -0.3 is 15.7 Å². The molecule has 7 nitrogen and oxygen atoms in total. The van der Waals surface area contributed by atoms with Gasteiger partial charge in [-0.3, -0.25) is 4.79 Å². The van der Waals surface area contributed by atoms with Gasteiger partial charge in [-0.15, -0.1) is 0 Å². The van der Waals surface area contributed by atoms with E-state index in [1.54, 1.807) is 22.8 Å². The Hall–Kier alpha value is -4.59. The number of hydrogen-bond donors (Lipinski definition) is 3. The van der Waals surface area contributed by atoms with Crippen LogP contribution < -0.4 is 16.1 Å². The lowest BCUT2D eigenvalue weighted by Gasteiger charge is -2.23. The van der Waals surface area contributed by atoms with Gasteiger partial charge in [-0.05, 0) is 59.6 Å². The van der Waals surface area contributed by atoms with Crippen LogP contribution in [0.2, 0.25) is 0 Å². The lowest BCUT2D eigenvalue weighted by atomic mass is 9.84. The number of aromatic hydroxyl groups is 1. The molecule has 40 heavy (non-hydrogen) atoms. The SMILES string of the molecule is Bc1cnn2c(NCc3cccc(NC(=O)C(c4ccccc4)C4CCCC4)c3)cc(-c3ccccc3O)nc12. The fraction of sp³-hybridized carbons (Fsp3) is 0.219. The molecule has 1 fully saturated rings. The smallest absolute Gasteiger partial charge is 0.232 e. The molecule has 0 bridgehead atoms. The van der Waals surface area contributed by atoms with Crippen LogP contribution in [0.15, 0.2) is 91.1 Å². The monoisotopic (exact) mass is 529 g/mol. The van der Waals surface area contributed by atoms with Crippen molar-refractivity contribution in [2.75, 3.05) is 10.6 Å². The Bertz CT molecular complexity index is 1650. The highest BCUT2D eigenvalue weighted by molar-refractivity contribution is 6.36. The van der Waals surface area contributed by atoms with Crippen LogP contribution >= 0.6 is 0 Å². The van der Waals surface area contributed by atoms with E-state index in [9.17, 15) is 9.90 Å². The van der Waals surface area contributed by atoms with Gasteiger partial charge in [0.05, 0.1) is 11.6 Å². The lowest BCUT2D eigenvalue weighted by molar-refractivity contribution is -0.118. The highest BCUT2D eigenvalue weighted by Gasteiger charge is 2.32. The first kappa shape index (κ1) is 25.7. The average molecular weight is 529 g/mol. The first-order chi connectivity index (χ1) is 19.6. The highest BCUT2D eigenvalue weighted by Crippen LogP contribution is 2.38. The number of phenolic OH excluding ortho intramolecular Hbond substituents is 1. The van der Waals surface area contributed by atoms with Crippen LogP contribution in [0.5, 0.6) is 5.75 Å². The number of rotatable bonds is 8. The minimum atomic E-state index is -0.147. The number of nitrogens with one attached hydrogen (secondary N) is 2. The molecule has 3 N–H and O–H groups in total. The molecule has 2 aromatic heterocycles. The third-order valence-corrected chi connectivity index (χ3v) is 7.81. The number of aromatic nitrogens is 3. The maximum atomic E-state index is 13.6. The van der Waals surface area contributed by atoms with E-state index >= 15 is 0 Å². The second-order valence-corrected chi connectivity index (χ2v) is 10.6. The zero-order chi connectivity index (χ0) is 27.5. The van der Waals surface area contributed by atoms with Crippen molar-refractivity contribution in [2.24, 2.45) is 5.92 Å². The van der Waals surface area contributed by atoms with Crippen LogP contribution in [0.4, 0.5) is 11.5 Å². The van der Waals surface area contributed by atoms with Crippen molar-refractivity contribution < 1.29 is 9.90 Å². The zero-order valence-corrected chi connectivity index (χ0v) is 22.5. The van der Waals surface area contributed by atoms with Gasteiger partial charge in [-0.2, -0.15) is 9.61 Å². The number of amides is 1. The second-order valence-electron chi connectivity index (χ2n) is 10.6. The summed E-state index contributed by atoms with van der Waals surface area (Å²) in [6.07, 6.45) is 6.34. The maximum absolute atomic E-state index is 13.6. The minimum Gasteiger partial charge on any atom is -0.507 e. The Morgan fingerprint density at radius 2 is 1.77 bits per heavy atom. The molecule has 0 aliphatic heterocycles. The van der Waals surface area contributed by atoms with Crippen molar-refractivity contribution >= 4 is 36.4 Å². The van der Waals surface area contributed by atoms with Crippen LogP contribution in [0.3, 0.4) is 0 Å². The van der Waals surface area contributed by atoms with Gasteiger partial charge >= 0.3 is 0 Å². The van der Waals surface area contributed by atoms with E-state index in [0.29, 0.717) is 23.7 Å². The number of phenols is 1. The van der Waals surface area contributed by atoms with Gasteiger partial charge in [0, 0.05) is 30.1 Å². The Balaban J connectivity index is 1.22. The lowest BCUT2D eigenvalue weighted by Crippen LogP contribution is -2.26. The van der Waals surface area contributed by atoms with Crippen LogP contribution in [0.25, 0.3) is 16.9 Å². The fourth-order valence-corrected chi connectivity index (χ4v) is 5.79. The summed E-state index contributed by atoms with van der Waals surface area (Å²) in [6, 6.07) is 27.2. The summed E-state index contributed by atoms with van der Waals surface area (Å²) in [5, 5.41) is 21.6. The molecular weight excluding hydrogens is 497 g/mol. The van der Waals surface area contributed by atoms with Gasteiger partial charge in [0.1, 0.15) is 19.4 Å². The first-order valence-electron chi connectivity index (χ1n) is 13.9. The fourth-order valence-electron chi connectivity index (χ4n) is 5.79. The van der Waals surface area contributed by atoms with Gasteiger partial charge in [-0.1, -0.05) is 67.4 Å². The van der Waals surface area contributed by atoms with Crippen LogP contribution in [-0.2, 0) is 11.3 Å². The number of hydrogen-bond acceptors (Lipinski definition) is 5. The first-order valence-corrected chi connectivity index (χ1v) is 13.9. The Labute approximate surface area is 234 Å². The van der Waals surface area contributed by atoms with Crippen molar-refractivity contribution in [3.63, 3.8) is 0 Å². The molecule has 5 aromatic rings. The predicted molar refractivity (Wildman–Crippen MR) is 162 cm³/mol. The standard InChI is InChI=1S/C32H32BN5O2/c33-26-20-35-38-29(18-27(37-31(26)38)25-15-6-7-16-28(25)39)34-19-21-9-8-14-24(17-21)36-32(40)30(23-12-4-5-13-23)22-10-2-1-3-11-22/h1-3,6-11,14-18,20,23,30,34,39H,4-5,12-13,19,33H2,(H,36,40). The Kier molecular flexibility index (Phi) is 7.23. The van der Waals surface area contributed by atoms with Crippen molar-refractivity contribution in [1.29, 1.82) is 0 Å². The molecule has 1 amide bonds. The summed E-state index contributed by atoms with van der Waals surface area (Å²) < 4.78 is 1.77. The Morgan fingerprint density at radius 1 is 1.00 bits per heavy atom. The number of nitrogens with zero attached hydrogens (tertiary/aromatic N) is 3. The molecule has 1 saturated carbocycles. The molecule has 0 radical (unpaired) electrons. The van der Waals surface area contributed by atoms with Crippen molar-refractivity contribution in [3.8, 4) is 17.0 Å². The van der Waals surface area contributed by atoms with E-state index in [-0.39, 0.29) is 17.6 Å². The minimum absolute atomic E-state index is 0.0541. The largest absolute Gasteiger partial charge is 0.507 e. The number of carbonyl (C=O) groups excluding carboxylic acids is 1. The van der Waals surface area contributed by atoms with Crippen molar-refractivity contribution in [3.05, 3.63) is 102 Å². The number of benzene rings is 3. The molecule has 0 saturated heterocycles. The van der Waals surface area contributed by atoms with E-state index in [4.69, 9.17) is 4.98 Å². The molecule has 200 valence electrons. The third kappa shape index (κ3) is 5.30. The number of fused-ring (bicyclic) bond motifs is 1. The van der Waals surface area contributed by atoms with E-state index < -0.39 is 0 Å². The molecule has 6 rings (SSSR count). The molecule has 1 aliphatic carbocycles. The topological polar surface area (TPSA) is 91.5 Å². The molecular formula is C32H32BN5O2. The van der Waals surface area contributed by atoms with E-state index in [0.717, 1.165) is 46.6 Å². The zero-order valence-electron chi connectivity index (χ0n) is 22.5. The van der Waals surface area contributed by atoms with Gasteiger partial charge in [0.15, 0.2) is 5.65 Å². The molecule has 8 heteroatoms. The molecule has 3 aromatic carbocycles. The highest BCUT2D eigenvalue weighted by atomic mass is 16.3. The normalized spacial score (nSPS) is 14.3. The molecule has 1 aliphatic rings. The van der Waals surface area contributed by atoms with Gasteiger partial charge in [0.2, 0.25) is 5.91 Å². The summed E-state index contributed by atoms with van der Waals surface area (Å²) >= 11 is 0. The van der Waals surface area contributed by atoms with Gasteiger partial charge in [-0.25, -0.2) is 4.98 Å². The molecule has 2 heterocycles. The molecule has 1 unspecified atom stereocenters. The van der Waals surface area contributed by atoms with Crippen LogP contribution in [0.1, 0.15) is 42.7 Å². The third-order valence-electron chi connectivity index (χ3n) is 7.81. The predicted octanol–water partition coefficient (Wildman–Crippen LogP) is 4.88. The Morgan fingerprint density at radius 3 is 2.58 bits per heavy atom. The number of para-hydroxylation sites is 1. The summed E-state index contributed by atoms with van der Waals surface area (Å²) in [5.74, 6) is 1.22. The van der Waals surface area contributed by atoms with Crippen molar-refractivity contribution in [1.82, 2.24) is 14.6 Å². The van der Waals surface area contributed by atoms with E-state index in [1.807, 2.05) is 68.5 Å². The van der Waals surface area contributed by atoms with Crippen LogP contribution in [-0.4, -0.2) is 33.5 Å². The van der Waals surface area contributed by atoms with Crippen molar-refractivity contribution in [2.45, 2.75) is 38.1 Å². The van der Waals surface area contributed by atoms with E-state index in [2.05, 4.69) is 27.9 Å². The summed E-state index contributed by atoms with van der Waals surface area (Å²) in [5.41, 5.74) is 5.88. The quantitative estimate of drug-likeness (QED) is 0.249. The molecule has 1 atom stereocenters. The van der Waals surface area contributed by atoms with Gasteiger partial charge in [0.25, 0.3) is 0 Å². The summed E-state index contributed by atoms with van der Waals surface area (Å²) in [4.78, 5) is 18.3.